The van der Waals surface area contributed by atoms with Gasteiger partial charge in [-0.05, 0) is 18.4 Å². The zero-order valence-electron chi connectivity index (χ0n) is 16.3. The number of amides is 3. The van der Waals surface area contributed by atoms with Crippen LogP contribution in [0.1, 0.15) is 43.2 Å². The second kappa shape index (κ2) is 8.65. The van der Waals surface area contributed by atoms with Gasteiger partial charge in [0.25, 0.3) is 0 Å². The Morgan fingerprint density at radius 1 is 1.07 bits per heavy atom. The summed E-state index contributed by atoms with van der Waals surface area (Å²) in [6.07, 6.45) is 3.81. The average molecular weight is 372 g/mol. The van der Waals surface area contributed by atoms with Crippen LogP contribution in [0.5, 0.6) is 0 Å². The molecule has 0 spiro atoms. The summed E-state index contributed by atoms with van der Waals surface area (Å²) in [5, 5.41) is 2.93. The molecule has 2 atom stereocenters. The molecule has 0 aromatic heterocycles. The predicted molar refractivity (Wildman–Crippen MR) is 102 cm³/mol. The Morgan fingerprint density at radius 3 is 2.26 bits per heavy atom. The van der Waals surface area contributed by atoms with Gasteiger partial charge in [-0.25, -0.2) is 0 Å². The molecule has 0 radical (unpaired) electrons. The lowest BCUT2D eigenvalue weighted by molar-refractivity contribution is -0.872. The maximum atomic E-state index is 12.5. The molecule has 3 amide bonds. The first kappa shape index (κ1) is 19.5. The number of hydrogen-bond donors (Lipinski definition) is 2. The second-order valence-corrected chi connectivity index (χ2v) is 8.00. The summed E-state index contributed by atoms with van der Waals surface area (Å²) in [6, 6.07) is 8.08. The Bertz CT molecular complexity index is 692. The first-order valence-electron chi connectivity index (χ1n) is 9.95. The fourth-order valence-corrected chi connectivity index (χ4v) is 4.23. The molecule has 3 rings (SSSR count). The molecule has 1 aliphatic heterocycles. The van der Waals surface area contributed by atoms with Crippen LogP contribution in [0.2, 0.25) is 0 Å². The first-order valence-corrected chi connectivity index (χ1v) is 9.95. The van der Waals surface area contributed by atoms with E-state index in [0.717, 1.165) is 37.8 Å². The van der Waals surface area contributed by atoms with Crippen LogP contribution >= 0.6 is 0 Å². The minimum Gasteiger partial charge on any atom is -0.352 e. The molecule has 2 fully saturated rings. The van der Waals surface area contributed by atoms with Crippen molar-refractivity contribution in [3.05, 3.63) is 35.4 Å². The number of imide groups is 1. The van der Waals surface area contributed by atoms with Gasteiger partial charge in [0.2, 0.25) is 17.7 Å². The average Bonchev–Trinajstić information content (AvgIpc) is 2.90. The monoisotopic (exact) mass is 372 g/mol. The molecule has 1 aromatic carbocycles. The number of fused-ring (bicyclic) bond motifs is 1. The predicted octanol–water partition coefficient (Wildman–Crippen LogP) is 0.513. The zero-order valence-corrected chi connectivity index (χ0v) is 16.3. The third-order valence-electron chi connectivity index (χ3n) is 5.63. The lowest BCUT2D eigenvalue weighted by Gasteiger charge is -2.19. The molecule has 0 bridgehead atoms. The van der Waals surface area contributed by atoms with E-state index in [1.165, 1.54) is 15.4 Å². The number of rotatable bonds is 7. The molecule has 1 heterocycles. The maximum Gasteiger partial charge on any atom is 0.233 e. The summed E-state index contributed by atoms with van der Waals surface area (Å²) in [7, 11) is 4.19. The van der Waals surface area contributed by atoms with Crippen molar-refractivity contribution in [1.29, 1.82) is 0 Å². The molecular weight excluding hydrogens is 342 g/mol. The smallest absolute Gasteiger partial charge is 0.233 e. The van der Waals surface area contributed by atoms with Crippen molar-refractivity contribution in [2.24, 2.45) is 11.8 Å². The van der Waals surface area contributed by atoms with Gasteiger partial charge in [0.15, 0.2) is 0 Å². The molecule has 6 heteroatoms. The molecular formula is C21H30N3O3+. The summed E-state index contributed by atoms with van der Waals surface area (Å²) in [5.74, 6) is -0.560. The van der Waals surface area contributed by atoms with Crippen molar-refractivity contribution in [3.8, 4) is 0 Å². The normalized spacial score (nSPS) is 22.3. The van der Waals surface area contributed by atoms with E-state index in [9.17, 15) is 14.4 Å². The van der Waals surface area contributed by atoms with Crippen molar-refractivity contribution < 1.29 is 19.3 Å². The van der Waals surface area contributed by atoms with Crippen LogP contribution < -0.4 is 10.2 Å². The van der Waals surface area contributed by atoms with E-state index >= 15 is 0 Å². The van der Waals surface area contributed by atoms with Crippen molar-refractivity contribution >= 4 is 17.7 Å². The first-order chi connectivity index (χ1) is 13.0. The maximum absolute atomic E-state index is 12.5. The topological polar surface area (TPSA) is 70.9 Å². The number of benzene rings is 1. The molecule has 2 aliphatic rings. The summed E-state index contributed by atoms with van der Waals surface area (Å²) in [5.41, 5.74) is 2.32. The number of likely N-dealkylation sites (tertiary alicyclic amines) is 1. The van der Waals surface area contributed by atoms with E-state index in [1.54, 1.807) is 0 Å². The SMILES string of the molecule is C[NH+](C)Cc1ccccc1CNC(=O)CCN1C(=O)[C@H]2CCCC[C@@H]2C1=O. The minimum atomic E-state index is -0.144. The van der Waals surface area contributed by atoms with Crippen LogP contribution in [-0.4, -0.2) is 43.3 Å². The van der Waals surface area contributed by atoms with E-state index in [1.807, 2.05) is 18.2 Å². The Hall–Kier alpha value is -2.21. The number of nitrogens with one attached hydrogen (secondary N) is 2. The lowest BCUT2D eigenvalue weighted by Crippen LogP contribution is -3.04. The largest absolute Gasteiger partial charge is 0.352 e. The van der Waals surface area contributed by atoms with Gasteiger partial charge in [-0.2, -0.15) is 0 Å². The molecule has 146 valence electrons. The van der Waals surface area contributed by atoms with Gasteiger partial charge in [0, 0.05) is 25.1 Å². The Morgan fingerprint density at radius 2 is 1.67 bits per heavy atom. The number of carbonyl (C=O) groups excluding carboxylic acids is 3. The van der Waals surface area contributed by atoms with E-state index in [0.29, 0.717) is 6.54 Å². The summed E-state index contributed by atoms with van der Waals surface area (Å²) in [6.45, 7) is 1.56. The van der Waals surface area contributed by atoms with Gasteiger partial charge in [0.05, 0.1) is 25.9 Å². The molecule has 1 saturated carbocycles. The summed E-state index contributed by atoms with van der Waals surface area (Å²) in [4.78, 5) is 39.8. The zero-order chi connectivity index (χ0) is 19.4. The molecule has 27 heavy (non-hydrogen) atoms. The van der Waals surface area contributed by atoms with Crippen LogP contribution in [0.4, 0.5) is 0 Å². The van der Waals surface area contributed by atoms with Gasteiger partial charge in [-0.1, -0.05) is 37.1 Å². The number of hydrogen-bond acceptors (Lipinski definition) is 3. The van der Waals surface area contributed by atoms with Crippen LogP contribution in [0.15, 0.2) is 24.3 Å². The van der Waals surface area contributed by atoms with E-state index in [4.69, 9.17) is 0 Å². The van der Waals surface area contributed by atoms with Gasteiger partial charge in [0.1, 0.15) is 6.54 Å². The summed E-state index contributed by atoms with van der Waals surface area (Å²) >= 11 is 0. The molecule has 1 aromatic rings. The minimum absolute atomic E-state index is 0.0724. The summed E-state index contributed by atoms with van der Waals surface area (Å²) < 4.78 is 0. The van der Waals surface area contributed by atoms with Crippen LogP contribution in [0, 0.1) is 11.8 Å². The molecule has 1 aliphatic carbocycles. The number of nitrogens with zero attached hydrogens (tertiary/aromatic N) is 1. The Labute approximate surface area is 160 Å². The third kappa shape index (κ3) is 4.56. The van der Waals surface area contributed by atoms with Crippen molar-refractivity contribution in [2.75, 3.05) is 20.6 Å². The van der Waals surface area contributed by atoms with E-state index in [2.05, 4.69) is 25.5 Å². The highest BCUT2D eigenvalue weighted by molar-refractivity contribution is 6.05. The van der Waals surface area contributed by atoms with Crippen LogP contribution in [0.25, 0.3) is 0 Å². The molecule has 1 saturated heterocycles. The quantitative estimate of drug-likeness (QED) is 0.686. The van der Waals surface area contributed by atoms with E-state index < -0.39 is 0 Å². The highest BCUT2D eigenvalue weighted by Gasteiger charge is 2.47. The van der Waals surface area contributed by atoms with Crippen molar-refractivity contribution in [2.45, 2.75) is 45.2 Å². The van der Waals surface area contributed by atoms with Crippen molar-refractivity contribution in [1.82, 2.24) is 10.2 Å². The molecule has 0 unspecified atom stereocenters. The third-order valence-corrected chi connectivity index (χ3v) is 5.63. The number of carbonyl (C=O) groups is 3. The Kier molecular flexibility index (Phi) is 6.26. The molecule has 6 nitrogen and oxygen atoms in total. The van der Waals surface area contributed by atoms with Crippen molar-refractivity contribution in [3.63, 3.8) is 0 Å². The van der Waals surface area contributed by atoms with Crippen LogP contribution in [-0.2, 0) is 27.5 Å². The number of quaternary nitrogens is 1. The standard InChI is InChI=1S/C21H29N3O3/c1-23(2)14-16-8-4-3-7-15(16)13-22-19(25)11-12-24-20(26)17-9-5-6-10-18(17)21(24)27/h3-4,7-8,17-18H,5-6,9-14H2,1-2H3,(H,22,25)/p+1/t17-,18-/m0/s1. The molecule has 2 N–H and O–H groups in total. The highest BCUT2D eigenvalue weighted by atomic mass is 16.2. The van der Waals surface area contributed by atoms with Gasteiger partial charge in [-0.3, -0.25) is 19.3 Å². The van der Waals surface area contributed by atoms with E-state index in [-0.39, 0.29) is 42.5 Å². The fraction of sp³-hybridized carbons (Fsp3) is 0.571. The second-order valence-electron chi connectivity index (χ2n) is 8.00. The van der Waals surface area contributed by atoms with Crippen LogP contribution in [0.3, 0.4) is 0 Å². The van der Waals surface area contributed by atoms with Gasteiger partial charge < -0.3 is 10.2 Å². The fourth-order valence-electron chi connectivity index (χ4n) is 4.23. The highest BCUT2D eigenvalue weighted by Crippen LogP contribution is 2.37. The van der Waals surface area contributed by atoms with Gasteiger partial charge >= 0.3 is 0 Å². The Balaban J connectivity index is 1.51. The lowest BCUT2D eigenvalue weighted by atomic mass is 9.81. The van der Waals surface area contributed by atoms with Gasteiger partial charge in [-0.15, -0.1) is 0 Å².